The number of nitrogens with two attached hydrogens (primary N) is 1. The van der Waals surface area contributed by atoms with Crippen molar-refractivity contribution in [3.8, 4) is 6.07 Å². The zero-order valence-corrected chi connectivity index (χ0v) is 17.2. The standard InChI is InChI=1S/C23H16Cl2F2N2O/c24-16-6-2-8-18(26)14(16)10-12-4-1-5-13-20(15(11-28)23(29)30-22(12)13)21-17(25)7-3-9-19(21)27/h2-3,6-10,20H,1,4-5,29H2/b12-10-/t20-/m0/s1. The molecule has 0 saturated heterocycles. The normalized spacial score (nSPS) is 20.1. The van der Waals surface area contributed by atoms with E-state index in [0.29, 0.717) is 36.2 Å². The summed E-state index contributed by atoms with van der Waals surface area (Å²) in [6.45, 7) is 0. The van der Waals surface area contributed by atoms with Crippen LogP contribution in [0.4, 0.5) is 8.78 Å². The van der Waals surface area contributed by atoms with Crippen molar-refractivity contribution >= 4 is 29.3 Å². The SMILES string of the molecule is N#CC1=C(N)OC2=C(CCC/C2=C/c2c(F)cccc2Cl)[C@@H]1c1c(F)cccc1Cl. The van der Waals surface area contributed by atoms with Gasteiger partial charge in [0.2, 0.25) is 5.88 Å². The first-order valence-electron chi connectivity index (χ1n) is 9.31. The number of rotatable bonds is 2. The molecular formula is C23H16Cl2F2N2O. The van der Waals surface area contributed by atoms with Crippen LogP contribution in [0.2, 0.25) is 10.0 Å². The van der Waals surface area contributed by atoms with E-state index in [1.54, 1.807) is 18.2 Å². The summed E-state index contributed by atoms with van der Waals surface area (Å²) < 4.78 is 34.9. The minimum atomic E-state index is -0.771. The van der Waals surface area contributed by atoms with Crippen LogP contribution >= 0.6 is 23.2 Å². The summed E-state index contributed by atoms with van der Waals surface area (Å²) in [7, 11) is 0. The van der Waals surface area contributed by atoms with Crippen LogP contribution in [0, 0.1) is 23.0 Å². The Morgan fingerprint density at radius 2 is 1.77 bits per heavy atom. The van der Waals surface area contributed by atoms with Crippen LogP contribution in [0.1, 0.15) is 36.3 Å². The van der Waals surface area contributed by atoms with Gasteiger partial charge in [-0.15, -0.1) is 0 Å². The molecule has 2 aromatic carbocycles. The predicted molar refractivity (Wildman–Crippen MR) is 112 cm³/mol. The van der Waals surface area contributed by atoms with Crippen LogP contribution in [-0.2, 0) is 4.74 Å². The topological polar surface area (TPSA) is 59.0 Å². The van der Waals surface area contributed by atoms with Gasteiger partial charge in [-0.05, 0) is 60.8 Å². The predicted octanol–water partition coefficient (Wildman–Crippen LogP) is 6.60. The van der Waals surface area contributed by atoms with Gasteiger partial charge in [0.05, 0.1) is 10.9 Å². The molecule has 4 rings (SSSR count). The minimum Gasteiger partial charge on any atom is -0.440 e. The lowest BCUT2D eigenvalue weighted by Gasteiger charge is -2.33. The van der Waals surface area contributed by atoms with Crippen molar-refractivity contribution in [2.75, 3.05) is 0 Å². The van der Waals surface area contributed by atoms with Gasteiger partial charge < -0.3 is 10.5 Å². The summed E-state index contributed by atoms with van der Waals surface area (Å²) in [5.74, 6) is -1.47. The number of allylic oxidation sites excluding steroid dienone is 3. The van der Waals surface area contributed by atoms with Crippen molar-refractivity contribution in [3.63, 3.8) is 0 Å². The van der Waals surface area contributed by atoms with Crippen molar-refractivity contribution in [3.05, 3.63) is 97.6 Å². The average molecular weight is 445 g/mol. The number of hydrogen-bond donors (Lipinski definition) is 1. The molecule has 0 fully saturated rings. The first-order valence-corrected chi connectivity index (χ1v) is 10.1. The second-order valence-electron chi connectivity index (χ2n) is 7.07. The lowest BCUT2D eigenvalue weighted by Crippen LogP contribution is -2.24. The lowest BCUT2D eigenvalue weighted by molar-refractivity contribution is 0.276. The highest BCUT2D eigenvalue weighted by Gasteiger charge is 2.38. The first kappa shape index (κ1) is 20.5. The molecule has 152 valence electrons. The second kappa shape index (κ2) is 8.14. The molecule has 30 heavy (non-hydrogen) atoms. The van der Waals surface area contributed by atoms with Crippen molar-refractivity contribution in [1.29, 1.82) is 5.26 Å². The van der Waals surface area contributed by atoms with Crippen LogP contribution in [0.15, 0.2) is 64.8 Å². The van der Waals surface area contributed by atoms with E-state index in [2.05, 4.69) is 0 Å². The monoisotopic (exact) mass is 444 g/mol. The highest BCUT2D eigenvalue weighted by Crippen LogP contribution is 2.49. The number of nitrogens with zero attached hydrogens (tertiary/aromatic N) is 1. The molecule has 0 unspecified atom stereocenters. The lowest BCUT2D eigenvalue weighted by atomic mass is 9.76. The summed E-state index contributed by atoms with van der Waals surface area (Å²) in [6.07, 6.45) is 3.49. The molecule has 1 atom stereocenters. The van der Waals surface area contributed by atoms with Gasteiger partial charge in [-0.25, -0.2) is 8.78 Å². The van der Waals surface area contributed by atoms with Gasteiger partial charge in [-0.3, -0.25) is 0 Å². The minimum absolute atomic E-state index is 0.103. The van der Waals surface area contributed by atoms with Gasteiger partial charge >= 0.3 is 0 Å². The van der Waals surface area contributed by atoms with Crippen LogP contribution in [0.25, 0.3) is 6.08 Å². The Morgan fingerprint density at radius 1 is 1.07 bits per heavy atom. The molecule has 0 saturated carbocycles. The molecule has 0 aromatic heterocycles. The van der Waals surface area contributed by atoms with Gasteiger partial charge in [0, 0.05) is 16.1 Å². The fraction of sp³-hybridized carbons (Fsp3) is 0.174. The molecule has 3 nitrogen and oxygen atoms in total. The van der Waals surface area contributed by atoms with Crippen molar-refractivity contribution < 1.29 is 13.5 Å². The molecule has 7 heteroatoms. The number of hydrogen-bond acceptors (Lipinski definition) is 3. The van der Waals surface area contributed by atoms with Gasteiger partial charge in [-0.1, -0.05) is 35.3 Å². The molecular weight excluding hydrogens is 429 g/mol. The van der Waals surface area contributed by atoms with Crippen LogP contribution < -0.4 is 5.73 Å². The number of nitriles is 1. The third-order valence-electron chi connectivity index (χ3n) is 5.32. The van der Waals surface area contributed by atoms with Crippen LogP contribution in [-0.4, -0.2) is 0 Å². The van der Waals surface area contributed by atoms with E-state index >= 15 is 0 Å². The summed E-state index contributed by atoms with van der Waals surface area (Å²) in [5.41, 5.74) is 7.94. The third kappa shape index (κ3) is 3.47. The summed E-state index contributed by atoms with van der Waals surface area (Å²) >= 11 is 12.5. The van der Waals surface area contributed by atoms with Crippen molar-refractivity contribution in [2.24, 2.45) is 5.73 Å². The third-order valence-corrected chi connectivity index (χ3v) is 5.98. The van der Waals surface area contributed by atoms with E-state index in [0.717, 1.165) is 0 Å². The van der Waals surface area contributed by atoms with Crippen LogP contribution in [0.5, 0.6) is 0 Å². The molecule has 0 bridgehead atoms. The maximum absolute atomic E-state index is 14.8. The largest absolute Gasteiger partial charge is 0.440 e. The highest BCUT2D eigenvalue weighted by atomic mass is 35.5. The maximum Gasteiger partial charge on any atom is 0.205 e. The second-order valence-corrected chi connectivity index (χ2v) is 7.89. The van der Waals surface area contributed by atoms with Crippen molar-refractivity contribution in [2.45, 2.75) is 25.2 Å². The number of benzene rings is 2. The Balaban J connectivity index is 1.92. The summed E-state index contributed by atoms with van der Waals surface area (Å²) in [5, 5.41) is 10.2. The van der Waals surface area contributed by atoms with E-state index in [-0.39, 0.29) is 32.6 Å². The smallest absolute Gasteiger partial charge is 0.205 e. The van der Waals surface area contributed by atoms with Gasteiger partial charge in [0.1, 0.15) is 29.0 Å². The Morgan fingerprint density at radius 3 is 2.43 bits per heavy atom. The van der Waals surface area contributed by atoms with E-state index in [1.165, 1.54) is 24.3 Å². The summed E-state index contributed by atoms with van der Waals surface area (Å²) in [4.78, 5) is 0. The molecule has 0 spiro atoms. The van der Waals surface area contributed by atoms with E-state index in [1.807, 2.05) is 6.07 Å². The molecule has 1 heterocycles. The van der Waals surface area contributed by atoms with Crippen LogP contribution in [0.3, 0.4) is 0 Å². The highest BCUT2D eigenvalue weighted by molar-refractivity contribution is 6.32. The van der Waals surface area contributed by atoms with E-state index < -0.39 is 17.6 Å². The number of halogens is 4. The van der Waals surface area contributed by atoms with Gasteiger partial charge in [-0.2, -0.15) is 5.26 Å². The Hall–Kier alpha value is -2.81. The Bertz CT molecular complexity index is 1140. The Labute approximate surface area is 182 Å². The summed E-state index contributed by atoms with van der Waals surface area (Å²) in [6, 6.07) is 10.9. The first-order chi connectivity index (χ1) is 14.4. The average Bonchev–Trinajstić information content (AvgIpc) is 2.71. The molecule has 2 aliphatic rings. The molecule has 2 N–H and O–H groups in total. The molecule has 0 amide bonds. The van der Waals surface area contributed by atoms with E-state index in [9.17, 15) is 14.0 Å². The fourth-order valence-corrected chi connectivity index (χ4v) is 4.47. The van der Waals surface area contributed by atoms with Crippen molar-refractivity contribution in [1.82, 2.24) is 0 Å². The Kier molecular flexibility index (Phi) is 5.55. The number of ether oxygens (including phenoxy) is 1. The molecule has 2 aromatic rings. The molecule has 1 aliphatic heterocycles. The zero-order valence-electron chi connectivity index (χ0n) is 15.7. The van der Waals surface area contributed by atoms with Gasteiger partial charge in [0.25, 0.3) is 0 Å². The van der Waals surface area contributed by atoms with E-state index in [4.69, 9.17) is 33.7 Å². The zero-order chi connectivity index (χ0) is 21.4. The quantitative estimate of drug-likeness (QED) is 0.567. The fourth-order valence-electron chi connectivity index (χ4n) is 3.98. The molecule has 0 radical (unpaired) electrons. The molecule has 1 aliphatic carbocycles. The van der Waals surface area contributed by atoms with Gasteiger partial charge in [0.15, 0.2) is 0 Å². The maximum atomic E-state index is 14.8.